The van der Waals surface area contributed by atoms with Gasteiger partial charge in [0.15, 0.2) is 6.10 Å². The number of nitrogens with zero attached hydrogens (tertiary/aromatic N) is 2. The first kappa shape index (κ1) is 18.8. The minimum atomic E-state index is -1.10. The molecule has 1 aliphatic carbocycles. The minimum absolute atomic E-state index is 0.0862. The van der Waals surface area contributed by atoms with Crippen LogP contribution < -0.4 is 10.6 Å². The van der Waals surface area contributed by atoms with Gasteiger partial charge >= 0.3 is 12.0 Å². The minimum Gasteiger partial charge on any atom is -0.449 e. The van der Waals surface area contributed by atoms with Gasteiger partial charge in [0.1, 0.15) is 0 Å². The molecule has 1 saturated carbocycles. The number of benzene rings is 1. The number of aromatic nitrogens is 2. The molecule has 2 N–H and O–H groups in total. The summed E-state index contributed by atoms with van der Waals surface area (Å²) < 4.78 is 5.16. The zero-order chi connectivity index (χ0) is 19.2. The topological polar surface area (TPSA) is 110 Å². The second-order valence-corrected chi connectivity index (χ2v) is 6.61. The Morgan fingerprint density at radius 2 is 1.78 bits per heavy atom. The van der Waals surface area contributed by atoms with Crippen molar-refractivity contribution in [1.29, 1.82) is 0 Å². The van der Waals surface area contributed by atoms with Gasteiger partial charge in [0, 0.05) is 18.4 Å². The summed E-state index contributed by atoms with van der Waals surface area (Å²) in [7, 11) is 0. The molecule has 0 aliphatic heterocycles. The number of carbonyl (C=O) groups is 3. The normalized spacial score (nSPS) is 15.7. The fraction of sp³-hybridized carbons (Fsp3) is 0.421. The predicted molar refractivity (Wildman–Crippen MR) is 98.0 cm³/mol. The lowest BCUT2D eigenvalue weighted by Crippen LogP contribution is -2.48. The van der Waals surface area contributed by atoms with Gasteiger partial charge in [0.25, 0.3) is 5.91 Å². The fourth-order valence-corrected chi connectivity index (χ4v) is 3.05. The Morgan fingerprint density at radius 3 is 2.52 bits per heavy atom. The molecule has 1 aliphatic rings. The third-order valence-corrected chi connectivity index (χ3v) is 4.54. The van der Waals surface area contributed by atoms with Crippen molar-refractivity contribution >= 4 is 28.9 Å². The maximum absolute atomic E-state index is 12.3. The number of ether oxygens (including phenoxy) is 1. The zero-order valence-corrected chi connectivity index (χ0v) is 15.1. The Balaban J connectivity index is 1.53. The van der Waals surface area contributed by atoms with Gasteiger partial charge in [0.2, 0.25) is 0 Å². The first-order valence-electron chi connectivity index (χ1n) is 9.06. The first-order chi connectivity index (χ1) is 13.0. The summed E-state index contributed by atoms with van der Waals surface area (Å²) >= 11 is 0. The van der Waals surface area contributed by atoms with Crippen LogP contribution in [0, 0.1) is 0 Å². The highest BCUT2D eigenvalue weighted by molar-refractivity contribution is 5.99. The number of hydrogen-bond donors (Lipinski definition) is 2. The number of carbonyl (C=O) groups excluding carboxylic acids is 3. The lowest BCUT2D eigenvalue weighted by molar-refractivity contribution is -0.127. The Bertz CT molecular complexity index is 848. The van der Waals surface area contributed by atoms with Crippen molar-refractivity contribution in [2.45, 2.75) is 51.2 Å². The van der Waals surface area contributed by atoms with E-state index in [2.05, 4.69) is 20.6 Å². The van der Waals surface area contributed by atoms with Crippen LogP contribution in [0.2, 0.25) is 0 Å². The third kappa shape index (κ3) is 4.99. The maximum atomic E-state index is 12.3. The van der Waals surface area contributed by atoms with Gasteiger partial charge in [-0.1, -0.05) is 19.3 Å². The Hall–Kier alpha value is -3.03. The van der Waals surface area contributed by atoms with E-state index < -0.39 is 24.0 Å². The second kappa shape index (κ2) is 8.57. The van der Waals surface area contributed by atoms with Crippen molar-refractivity contribution in [3.63, 3.8) is 0 Å². The van der Waals surface area contributed by atoms with Gasteiger partial charge in [-0.25, -0.2) is 9.59 Å². The van der Waals surface area contributed by atoms with Crippen LogP contribution in [0.4, 0.5) is 4.79 Å². The Morgan fingerprint density at radius 1 is 1.07 bits per heavy atom. The molecule has 3 rings (SSSR count). The quantitative estimate of drug-likeness (QED) is 0.799. The van der Waals surface area contributed by atoms with Gasteiger partial charge in [-0.3, -0.25) is 20.1 Å². The molecule has 142 valence electrons. The van der Waals surface area contributed by atoms with Crippen molar-refractivity contribution in [3.05, 3.63) is 36.2 Å². The van der Waals surface area contributed by atoms with Crippen LogP contribution >= 0.6 is 0 Å². The van der Waals surface area contributed by atoms with Crippen molar-refractivity contribution < 1.29 is 19.1 Å². The molecule has 8 nitrogen and oxygen atoms in total. The summed E-state index contributed by atoms with van der Waals surface area (Å²) in [5, 5.41) is 5.01. The fourth-order valence-electron chi connectivity index (χ4n) is 3.05. The zero-order valence-electron chi connectivity index (χ0n) is 15.1. The van der Waals surface area contributed by atoms with Crippen molar-refractivity contribution in [1.82, 2.24) is 20.6 Å². The van der Waals surface area contributed by atoms with Gasteiger partial charge in [-0.05, 0) is 38.0 Å². The van der Waals surface area contributed by atoms with Crippen LogP contribution in [0.5, 0.6) is 0 Å². The highest BCUT2D eigenvalue weighted by atomic mass is 16.5. The van der Waals surface area contributed by atoms with E-state index in [-0.39, 0.29) is 11.6 Å². The molecule has 27 heavy (non-hydrogen) atoms. The lowest BCUT2D eigenvalue weighted by Gasteiger charge is -2.23. The van der Waals surface area contributed by atoms with Crippen LogP contribution in [0.25, 0.3) is 11.0 Å². The summed E-state index contributed by atoms with van der Waals surface area (Å²) in [6, 6.07) is 4.28. The van der Waals surface area contributed by atoms with Crippen molar-refractivity contribution in [2.24, 2.45) is 0 Å². The summed E-state index contributed by atoms with van der Waals surface area (Å²) in [5.41, 5.74) is 1.46. The van der Waals surface area contributed by atoms with Crippen molar-refractivity contribution in [3.8, 4) is 0 Å². The highest BCUT2D eigenvalue weighted by Crippen LogP contribution is 2.17. The van der Waals surface area contributed by atoms with Crippen LogP contribution in [0.3, 0.4) is 0 Å². The molecule has 1 aromatic carbocycles. The third-order valence-electron chi connectivity index (χ3n) is 4.54. The number of rotatable bonds is 4. The molecule has 1 atom stereocenters. The number of nitrogens with one attached hydrogen (secondary N) is 2. The Labute approximate surface area is 156 Å². The van der Waals surface area contributed by atoms with E-state index in [1.807, 2.05) is 0 Å². The monoisotopic (exact) mass is 370 g/mol. The predicted octanol–water partition coefficient (Wildman–Crippen LogP) is 2.33. The van der Waals surface area contributed by atoms with Crippen LogP contribution in [-0.2, 0) is 9.53 Å². The van der Waals surface area contributed by atoms with Gasteiger partial charge in [-0.15, -0.1) is 0 Å². The molecule has 1 aromatic heterocycles. The van der Waals surface area contributed by atoms with Gasteiger partial charge in [0.05, 0.1) is 16.6 Å². The number of urea groups is 1. The van der Waals surface area contributed by atoms with E-state index >= 15 is 0 Å². The van der Waals surface area contributed by atoms with E-state index in [9.17, 15) is 14.4 Å². The summed E-state index contributed by atoms with van der Waals surface area (Å²) in [6.07, 6.45) is 7.13. The smallest absolute Gasteiger partial charge is 0.338 e. The van der Waals surface area contributed by atoms with E-state index in [1.54, 1.807) is 24.4 Å². The molecule has 2 aromatic rings. The maximum Gasteiger partial charge on any atom is 0.338 e. The average Bonchev–Trinajstić information content (AvgIpc) is 2.68. The highest BCUT2D eigenvalue weighted by Gasteiger charge is 2.23. The molecular formula is C19H22N4O4. The van der Waals surface area contributed by atoms with Crippen molar-refractivity contribution in [2.75, 3.05) is 0 Å². The molecule has 1 heterocycles. The van der Waals surface area contributed by atoms with E-state index in [0.29, 0.717) is 11.0 Å². The molecule has 0 radical (unpaired) electrons. The van der Waals surface area contributed by atoms with E-state index in [0.717, 1.165) is 25.7 Å². The standard InChI is InChI=1S/C19H22N4O4/c1-12(17(24)23-19(26)22-14-5-3-2-4-6-14)27-18(25)13-7-8-15-16(11-13)21-10-9-20-15/h7-12,14H,2-6H2,1H3,(H2,22,23,24,26)/t12-/m1/s1. The number of imide groups is 1. The number of hydrogen-bond acceptors (Lipinski definition) is 6. The van der Waals surface area contributed by atoms with Crippen LogP contribution in [0.1, 0.15) is 49.4 Å². The average molecular weight is 370 g/mol. The SMILES string of the molecule is C[C@@H](OC(=O)c1ccc2nccnc2c1)C(=O)NC(=O)NC1CCCCC1. The van der Waals surface area contributed by atoms with Gasteiger partial charge in [-0.2, -0.15) is 0 Å². The number of fused-ring (bicyclic) bond motifs is 1. The number of esters is 1. The first-order valence-corrected chi connectivity index (χ1v) is 9.06. The molecular weight excluding hydrogens is 348 g/mol. The molecule has 1 fully saturated rings. The summed E-state index contributed by atoms with van der Waals surface area (Å²) in [5.74, 6) is -1.34. The van der Waals surface area contributed by atoms with E-state index in [1.165, 1.54) is 19.5 Å². The molecule has 3 amide bonds. The van der Waals surface area contributed by atoms with Crippen LogP contribution in [0.15, 0.2) is 30.6 Å². The lowest BCUT2D eigenvalue weighted by atomic mass is 9.96. The van der Waals surface area contributed by atoms with E-state index in [4.69, 9.17) is 4.74 Å². The summed E-state index contributed by atoms with van der Waals surface area (Å²) in [4.78, 5) is 44.5. The molecule has 0 bridgehead atoms. The molecule has 0 spiro atoms. The largest absolute Gasteiger partial charge is 0.449 e. The van der Waals surface area contributed by atoms with Gasteiger partial charge < -0.3 is 10.1 Å². The Kier molecular flexibility index (Phi) is 5.95. The number of amides is 3. The van der Waals surface area contributed by atoms with Crippen LogP contribution in [-0.4, -0.2) is 40.0 Å². The summed E-state index contributed by atoms with van der Waals surface area (Å²) in [6.45, 7) is 1.42. The molecule has 0 saturated heterocycles. The molecule has 8 heteroatoms. The second-order valence-electron chi connectivity index (χ2n) is 6.61. The molecule has 0 unspecified atom stereocenters.